The van der Waals surface area contributed by atoms with Gasteiger partial charge in [-0.2, -0.15) is 0 Å². The van der Waals surface area contributed by atoms with Gasteiger partial charge in [-0.1, -0.05) is 50.6 Å². The quantitative estimate of drug-likeness (QED) is 0.766. The van der Waals surface area contributed by atoms with E-state index in [1.54, 1.807) is 6.20 Å². The number of H-pyrrole nitrogens is 1. The number of hydrogen-bond acceptors (Lipinski definition) is 4. The summed E-state index contributed by atoms with van der Waals surface area (Å²) in [4.78, 5) is 27.2. The molecular weight excluding hydrogens is 330 g/mol. The van der Waals surface area contributed by atoms with Crippen LogP contribution in [0.2, 0.25) is 0 Å². The lowest BCUT2D eigenvalue weighted by Crippen LogP contribution is -2.45. The van der Waals surface area contributed by atoms with Gasteiger partial charge < -0.3 is 20.4 Å². The highest BCUT2D eigenvalue weighted by molar-refractivity contribution is 5.69. The maximum Gasteiger partial charge on any atom is 0.407 e. The van der Waals surface area contributed by atoms with Crippen LogP contribution in [0.5, 0.6) is 0 Å². The summed E-state index contributed by atoms with van der Waals surface area (Å²) in [6.07, 6.45) is 3.05. The van der Waals surface area contributed by atoms with E-state index >= 15 is 0 Å². The zero-order chi connectivity index (χ0) is 18.5. The van der Waals surface area contributed by atoms with Crippen LogP contribution in [0.1, 0.15) is 43.9 Å². The minimum Gasteiger partial charge on any atom is -0.445 e. The summed E-state index contributed by atoms with van der Waals surface area (Å²) in [5.74, 6) is 0.133. The van der Waals surface area contributed by atoms with Gasteiger partial charge in [0.05, 0.1) is 6.04 Å². The molecule has 0 saturated carbocycles. The van der Waals surface area contributed by atoms with E-state index in [4.69, 9.17) is 4.74 Å². The molecule has 2 aromatic rings. The van der Waals surface area contributed by atoms with Crippen molar-refractivity contribution in [2.75, 3.05) is 5.32 Å². The summed E-state index contributed by atoms with van der Waals surface area (Å²) in [5.41, 5.74) is 2.10. The van der Waals surface area contributed by atoms with E-state index < -0.39 is 6.09 Å². The van der Waals surface area contributed by atoms with Crippen LogP contribution in [0.4, 0.5) is 10.5 Å². The van der Waals surface area contributed by atoms with Crippen molar-refractivity contribution in [1.29, 1.82) is 0 Å². The third-order valence-corrected chi connectivity index (χ3v) is 4.90. The maximum absolute atomic E-state index is 12.3. The Morgan fingerprint density at radius 3 is 2.73 bits per heavy atom. The van der Waals surface area contributed by atoms with E-state index in [1.165, 1.54) is 0 Å². The molecule has 6 nitrogen and oxygen atoms in total. The Balaban J connectivity index is 1.75. The number of carbonyl (C=O) groups excluding carboxylic acids is 1. The topological polar surface area (TPSA) is 83.2 Å². The SMILES string of the molecule is CCC[C@@H]1Nc2c(cc[nH]c2=O)[C@H](NC(=O)OCc2ccccc2)C1C. The number of pyridine rings is 1. The molecule has 0 spiro atoms. The molecule has 0 saturated heterocycles. The van der Waals surface area contributed by atoms with Crippen molar-refractivity contribution in [2.24, 2.45) is 5.92 Å². The molecule has 1 unspecified atom stereocenters. The van der Waals surface area contributed by atoms with E-state index in [1.807, 2.05) is 36.4 Å². The first kappa shape index (κ1) is 18.0. The first-order chi connectivity index (χ1) is 12.6. The van der Waals surface area contributed by atoms with Crippen molar-refractivity contribution in [3.05, 3.63) is 64.1 Å². The molecule has 26 heavy (non-hydrogen) atoms. The zero-order valence-electron chi connectivity index (χ0n) is 15.1. The van der Waals surface area contributed by atoms with E-state index in [-0.39, 0.29) is 30.2 Å². The molecule has 1 aromatic carbocycles. The van der Waals surface area contributed by atoms with Gasteiger partial charge in [0, 0.05) is 23.7 Å². The Bertz CT molecular complexity index is 803. The van der Waals surface area contributed by atoms with Crippen molar-refractivity contribution in [3.8, 4) is 0 Å². The molecular formula is C20H25N3O3. The Morgan fingerprint density at radius 2 is 2.00 bits per heavy atom. The van der Waals surface area contributed by atoms with Gasteiger partial charge in [0.25, 0.3) is 5.56 Å². The van der Waals surface area contributed by atoms with Gasteiger partial charge in [-0.3, -0.25) is 4.79 Å². The van der Waals surface area contributed by atoms with E-state index in [2.05, 4.69) is 29.5 Å². The maximum atomic E-state index is 12.3. The third-order valence-electron chi connectivity index (χ3n) is 4.90. The number of amides is 1. The fourth-order valence-electron chi connectivity index (χ4n) is 3.48. The largest absolute Gasteiger partial charge is 0.445 e. The molecule has 3 rings (SSSR count). The number of anilines is 1. The number of hydrogen-bond donors (Lipinski definition) is 3. The van der Waals surface area contributed by atoms with Crippen LogP contribution in [0.15, 0.2) is 47.4 Å². The van der Waals surface area contributed by atoms with Crippen molar-refractivity contribution < 1.29 is 9.53 Å². The predicted octanol–water partition coefficient (Wildman–Crippen LogP) is 3.57. The highest BCUT2D eigenvalue weighted by atomic mass is 16.5. The molecule has 0 radical (unpaired) electrons. The van der Waals surface area contributed by atoms with Crippen LogP contribution >= 0.6 is 0 Å². The molecule has 0 aliphatic carbocycles. The molecule has 3 N–H and O–H groups in total. The fraction of sp³-hybridized carbons (Fsp3) is 0.400. The zero-order valence-corrected chi connectivity index (χ0v) is 15.1. The van der Waals surface area contributed by atoms with Gasteiger partial charge in [-0.05, 0) is 18.1 Å². The molecule has 138 valence electrons. The molecule has 0 fully saturated rings. The van der Waals surface area contributed by atoms with Crippen molar-refractivity contribution in [2.45, 2.75) is 45.4 Å². The Labute approximate surface area is 153 Å². The fourth-order valence-corrected chi connectivity index (χ4v) is 3.48. The summed E-state index contributed by atoms with van der Waals surface area (Å²) >= 11 is 0. The lowest BCUT2D eigenvalue weighted by molar-refractivity contribution is 0.130. The van der Waals surface area contributed by atoms with Crippen LogP contribution in [-0.2, 0) is 11.3 Å². The second-order valence-corrected chi connectivity index (χ2v) is 6.72. The molecule has 6 heteroatoms. The normalized spacial score (nSPS) is 21.4. The number of rotatable bonds is 5. The monoisotopic (exact) mass is 355 g/mol. The number of carbonyl (C=O) groups is 1. The summed E-state index contributed by atoms with van der Waals surface area (Å²) in [5, 5.41) is 6.30. The minimum absolute atomic E-state index is 0.121. The lowest BCUT2D eigenvalue weighted by atomic mass is 9.82. The van der Waals surface area contributed by atoms with E-state index in [0.29, 0.717) is 5.69 Å². The number of nitrogens with one attached hydrogen (secondary N) is 3. The molecule has 1 amide bonds. The van der Waals surface area contributed by atoms with Crippen LogP contribution in [0, 0.1) is 5.92 Å². The predicted molar refractivity (Wildman–Crippen MR) is 101 cm³/mol. The van der Waals surface area contributed by atoms with Gasteiger partial charge in [-0.15, -0.1) is 0 Å². The standard InChI is InChI=1S/C20H25N3O3/c1-3-7-16-13(2)17(15-10-11-21-19(24)18(15)22-16)23-20(25)26-12-14-8-5-4-6-9-14/h4-6,8-11,13,16-17,22H,3,7,12H2,1-2H3,(H,21,24)(H,23,25)/t13?,16-,17+/m0/s1. The number of fused-ring (bicyclic) bond motifs is 1. The average molecular weight is 355 g/mol. The number of alkyl carbamates (subject to hydrolysis) is 1. The molecule has 1 aromatic heterocycles. The Kier molecular flexibility index (Phi) is 5.61. The van der Waals surface area contributed by atoms with Crippen LogP contribution in [-0.4, -0.2) is 17.1 Å². The molecule has 0 bridgehead atoms. The van der Waals surface area contributed by atoms with Crippen molar-refractivity contribution >= 4 is 11.8 Å². The van der Waals surface area contributed by atoms with Crippen LogP contribution in [0.25, 0.3) is 0 Å². The van der Waals surface area contributed by atoms with Crippen molar-refractivity contribution in [3.63, 3.8) is 0 Å². The van der Waals surface area contributed by atoms with Crippen LogP contribution in [0.3, 0.4) is 0 Å². The first-order valence-electron chi connectivity index (χ1n) is 9.05. The van der Waals surface area contributed by atoms with Gasteiger partial charge in [0.2, 0.25) is 0 Å². The lowest BCUT2D eigenvalue weighted by Gasteiger charge is -2.38. The van der Waals surface area contributed by atoms with Crippen molar-refractivity contribution in [1.82, 2.24) is 10.3 Å². The number of aromatic nitrogens is 1. The molecule has 2 heterocycles. The molecule has 1 aliphatic heterocycles. The number of benzene rings is 1. The minimum atomic E-state index is -0.478. The summed E-state index contributed by atoms with van der Waals surface area (Å²) in [6.45, 7) is 4.40. The number of ether oxygens (including phenoxy) is 1. The first-order valence-corrected chi connectivity index (χ1v) is 9.05. The number of aromatic amines is 1. The van der Waals surface area contributed by atoms with Gasteiger partial charge in [0.1, 0.15) is 12.3 Å². The third kappa shape index (κ3) is 3.90. The molecule has 1 aliphatic rings. The van der Waals surface area contributed by atoms with Gasteiger partial charge >= 0.3 is 6.09 Å². The van der Waals surface area contributed by atoms with E-state index in [0.717, 1.165) is 24.0 Å². The summed E-state index contributed by atoms with van der Waals surface area (Å²) < 4.78 is 5.36. The highest BCUT2D eigenvalue weighted by Crippen LogP contribution is 2.36. The summed E-state index contributed by atoms with van der Waals surface area (Å²) in [6, 6.07) is 11.2. The molecule has 3 atom stereocenters. The Hall–Kier alpha value is -2.76. The second-order valence-electron chi connectivity index (χ2n) is 6.72. The Morgan fingerprint density at radius 1 is 1.23 bits per heavy atom. The summed E-state index contributed by atoms with van der Waals surface area (Å²) in [7, 11) is 0. The second kappa shape index (κ2) is 8.08. The van der Waals surface area contributed by atoms with Crippen LogP contribution < -0.4 is 16.2 Å². The average Bonchev–Trinajstić information content (AvgIpc) is 2.65. The smallest absolute Gasteiger partial charge is 0.407 e. The highest BCUT2D eigenvalue weighted by Gasteiger charge is 2.35. The van der Waals surface area contributed by atoms with Gasteiger partial charge in [0.15, 0.2) is 0 Å². The van der Waals surface area contributed by atoms with E-state index in [9.17, 15) is 9.59 Å². The van der Waals surface area contributed by atoms with Gasteiger partial charge in [-0.25, -0.2) is 4.79 Å².